The first-order chi connectivity index (χ1) is 14.5. The molecule has 2 aromatic rings. The second kappa shape index (κ2) is 8.76. The molecule has 1 heterocycles. The lowest BCUT2D eigenvalue weighted by molar-refractivity contribution is -0.134. The Labute approximate surface area is 184 Å². The number of benzene rings is 2. The summed E-state index contributed by atoms with van der Waals surface area (Å²) in [5.41, 5.74) is 0.359. The van der Waals surface area contributed by atoms with Gasteiger partial charge >= 0.3 is 0 Å². The summed E-state index contributed by atoms with van der Waals surface area (Å²) in [6.07, 6.45) is 0.720. The number of halogens is 2. The molecule has 3 rings (SSSR count). The van der Waals surface area contributed by atoms with Gasteiger partial charge in [0.1, 0.15) is 21.7 Å². The molecular formula is C21H20ClFN2O5S. The standard InChI is InChI=1S/C21H20ClFN2O5S/c1-24(12-15-16(22)8-5-9-17(15)23)21(28)18(10-11-31(2,29)30)25-19(26)13-6-3-4-7-14(13)20(25)27/h3-9,18H,10-12H2,1-2H3. The predicted molar refractivity (Wildman–Crippen MR) is 113 cm³/mol. The van der Waals surface area contributed by atoms with Crippen LogP contribution in [0.5, 0.6) is 0 Å². The van der Waals surface area contributed by atoms with Crippen LogP contribution in [0.4, 0.5) is 4.39 Å². The molecule has 31 heavy (non-hydrogen) atoms. The van der Waals surface area contributed by atoms with Crippen molar-refractivity contribution in [2.75, 3.05) is 19.1 Å². The first kappa shape index (κ1) is 22.9. The zero-order chi connectivity index (χ0) is 22.9. The number of sulfone groups is 1. The van der Waals surface area contributed by atoms with Crippen molar-refractivity contribution >= 4 is 39.2 Å². The maximum Gasteiger partial charge on any atom is 0.262 e. The first-order valence-corrected chi connectivity index (χ1v) is 11.8. The van der Waals surface area contributed by atoms with E-state index in [1.54, 1.807) is 12.1 Å². The van der Waals surface area contributed by atoms with E-state index in [2.05, 4.69) is 0 Å². The lowest BCUT2D eigenvalue weighted by Gasteiger charge is -2.29. The SMILES string of the molecule is CN(Cc1c(F)cccc1Cl)C(=O)C(CCS(C)(=O)=O)N1C(=O)c2ccccc2C1=O. The fourth-order valence-electron chi connectivity index (χ4n) is 3.43. The van der Waals surface area contributed by atoms with Crippen molar-refractivity contribution in [2.45, 2.75) is 19.0 Å². The third kappa shape index (κ3) is 4.77. The van der Waals surface area contributed by atoms with Crippen molar-refractivity contribution in [3.05, 3.63) is 70.0 Å². The Bertz CT molecular complexity index is 1110. The van der Waals surface area contributed by atoms with E-state index in [9.17, 15) is 27.2 Å². The Morgan fingerprint density at radius 1 is 1.10 bits per heavy atom. The third-order valence-electron chi connectivity index (χ3n) is 5.02. The highest BCUT2D eigenvalue weighted by atomic mass is 35.5. The van der Waals surface area contributed by atoms with Gasteiger partial charge in [0.25, 0.3) is 11.8 Å². The molecule has 10 heteroatoms. The topological polar surface area (TPSA) is 91.8 Å². The highest BCUT2D eigenvalue weighted by Crippen LogP contribution is 2.27. The Hall–Kier alpha value is -2.78. The molecule has 3 amide bonds. The fourth-order valence-corrected chi connectivity index (χ4v) is 4.31. The number of imide groups is 1. The van der Waals surface area contributed by atoms with Crippen LogP contribution in [0.1, 0.15) is 32.7 Å². The maximum atomic E-state index is 14.2. The Morgan fingerprint density at radius 3 is 2.19 bits per heavy atom. The summed E-state index contributed by atoms with van der Waals surface area (Å²) in [4.78, 5) is 40.9. The molecule has 0 spiro atoms. The van der Waals surface area contributed by atoms with Gasteiger partial charge in [0.05, 0.1) is 16.9 Å². The Balaban J connectivity index is 1.93. The number of carbonyl (C=O) groups is 3. The van der Waals surface area contributed by atoms with Crippen molar-refractivity contribution in [2.24, 2.45) is 0 Å². The van der Waals surface area contributed by atoms with Crippen molar-refractivity contribution in [1.82, 2.24) is 9.80 Å². The smallest absolute Gasteiger partial charge is 0.262 e. The van der Waals surface area contributed by atoms with Gasteiger partial charge in [0.15, 0.2) is 0 Å². The van der Waals surface area contributed by atoms with Crippen molar-refractivity contribution in [1.29, 1.82) is 0 Å². The zero-order valence-electron chi connectivity index (χ0n) is 16.8. The Morgan fingerprint density at radius 2 is 1.68 bits per heavy atom. The summed E-state index contributed by atoms with van der Waals surface area (Å²) in [7, 11) is -2.11. The maximum absolute atomic E-state index is 14.2. The molecule has 0 bridgehead atoms. The molecule has 2 aromatic carbocycles. The van der Waals surface area contributed by atoms with Gasteiger partial charge in [0.2, 0.25) is 5.91 Å². The van der Waals surface area contributed by atoms with Crippen LogP contribution in [0.2, 0.25) is 5.02 Å². The molecule has 164 valence electrons. The number of carbonyl (C=O) groups excluding carboxylic acids is 3. The number of fused-ring (bicyclic) bond motifs is 1. The van der Waals surface area contributed by atoms with E-state index in [0.29, 0.717) is 0 Å². The average molecular weight is 467 g/mol. The van der Waals surface area contributed by atoms with Gasteiger partial charge in [-0.2, -0.15) is 0 Å². The first-order valence-electron chi connectivity index (χ1n) is 9.33. The number of likely N-dealkylation sites (N-methyl/N-ethyl adjacent to an activating group) is 1. The molecule has 1 aliphatic rings. The third-order valence-corrected chi connectivity index (χ3v) is 6.35. The minimum absolute atomic E-state index is 0.0734. The van der Waals surface area contributed by atoms with Crippen LogP contribution in [0, 0.1) is 5.82 Å². The quantitative estimate of drug-likeness (QED) is 0.585. The molecule has 1 aliphatic heterocycles. The number of amides is 3. The van der Waals surface area contributed by atoms with Crippen molar-refractivity contribution < 1.29 is 27.2 Å². The molecule has 0 aromatic heterocycles. The fraction of sp³-hybridized carbons (Fsp3) is 0.286. The summed E-state index contributed by atoms with van der Waals surface area (Å²) in [6, 6.07) is 8.86. The molecule has 7 nitrogen and oxygen atoms in total. The van der Waals surface area contributed by atoms with Crippen LogP contribution >= 0.6 is 11.6 Å². The lowest BCUT2D eigenvalue weighted by Crippen LogP contribution is -2.50. The molecule has 0 saturated carbocycles. The molecule has 0 radical (unpaired) electrons. The normalized spacial score (nSPS) is 14.5. The van der Waals surface area contributed by atoms with Crippen LogP contribution < -0.4 is 0 Å². The highest BCUT2D eigenvalue weighted by Gasteiger charge is 2.43. The van der Waals surface area contributed by atoms with Gasteiger partial charge in [0, 0.05) is 30.4 Å². The Kier molecular flexibility index (Phi) is 6.47. The molecule has 1 unspecified atom stereocenters. The largest absolute Gasteiger partial charge is 0.339 e. The number of hydrogen-bond donors (Lipinski definition) is 0. The highest BCUT2D eigenvalue weighted by molar-refractivity contribution is 7.90. The van der Waals surface area contributed by atoms with E-state index in [0.717, 1.165) is 16.1 Å². The monoisotopic (exact) mass is 466 g/mol. The summed E-state index contributed by atoms with van der Waals surface area (Å²) in [5, 5.41) is 0.119. The predicted octanol–water partition coefficient (Wildman–Crippen LogP) is 2.54. The van der Waals surface area contributed by atoms with E-state index < -0.39 is 45.2 Å². The summed E-state index contributed by atoms with van der Waals surface area (Å²) in [5.74, 6) is -3.07. The average Bonchev–Trinajstić information content (AvgIpc) is 2.95. The molecule has 0 N–H and O–H groups in total. The van der Waals surface area contributed by atoms with Crippen LogP contribution in [0.25, 0.3) is 0 Å². The van der Waals surface area contributed by atoms with Crippen LogP contribution in [0.3, 0.4) is 0 Å². The lowest BCUT2D eigenvalue weighted by atomic mass is 10.1. The van der Waals surface area contributed by atoms with Crippen LogP contribution in [0.15, 0.2) is 42.5 Å². The molecule has 1 atom stereocenters. The second-order valence-electron chi connectivity index (χ2n) is 7.35. The van der Waals surface area contributed by atoms with Crippen molar-refractivity contribution in [3.63, 3.8) is 0 Å². The minimum Gasteiger partial charge on any atom is -0.339 e. The van der Waals surface area contributed by atoms with E-state index in [-0.39, 0.29) is 34.7 Å². The molecule has 0 fully saturated rings. The van der Waals surface area contributed by atoms with Gasteiger partial charge in [-0.3, -0.25) is 19.3 Å². The van der Waals surface area contributed by atoms with E-state index in [1.165, 1.54) is 37.4 Å². The number of nitrogens with zero attached hydrogens (tertiary/aromatic N) is 2. The molecule has 0 aliphatic carbocycles. The molecular weight excluding hydrogens is 447 g/mol. The van der Waals surface area contributed by atoms with Gasteiger partial charge in [-0.15, -0.1) is 0 Å². The summed E-state index contributed by atoms with van der Waals surface area (Å²) in [6.45, 7) is -0.219. The van der Waals surface area contributed by atoms with Gasteiger partial charge in [-0.1, -0.05) is 29.8 Å². The van der Waals surface area contributed by atoms with E-state index in [4.69, 9.17) is 11.6 Å². The minimum atomic E-state index is -3.48. The van der Waals surface area contributed by atoms with Crippen LogP contribution in [-0.2, 0) is 21.2 Å². The summed E-state index contributed by atoms with van der Waals surface area (Å²) < 4.78 is 37.6. The second-order valence-corrected chi connectivity index (χ2v) is 10.0. The number of rotatable bonds is 7. The van der Waals surface area contributed by atoms with Crippen LogP contribution in [-0.4, -0.2) is 61.0 Å². The van der Waals surface area contributed by atoms with Gasteiger partial charge in [-0.05, 0) is 30.7 Å². The molecule has 0 saturated heterocycles. The van der Waals surface area contributed by atoms with Gasteiger partial charge in [-0.25, -0.2) is 12.8 Å². The zero-order valence-corrected chi connectivity index (χ0v) is 18.4. The van der Waals surface area contributed by atoms with E-state index >= 15 is 0 Å². The van der Waals surface area contributed by atoms with Crippen molar-refractivity contribution in [3.8, 4) is 0 Å². The van der Waals surface area contributed by atoms with E-state index in [1.807, 2.05) is 0 Å². The number of hydrogen-bond acceptors (Lipinski definition) is 5. The van der Waals surface area contributed by atoms with Gasteiger partial charge < -0.3 is 4.90 Å². The summed E-state index contributed by atoms with van der Waals surface area (Å²) >= 11 is 6.04.